The van der Waals surface area contributed by atoms with E-state index in [-0.39, 0.29) is 5.41 Å². The third-order valence-corrected chi connectivity index (χ3v) is 8.39. The van der Waals surface area contributed by atoms with Gasteiger partial charge in [-0.15, -0.1) is 0 Å². The van der Waals surface area contributed by atoms with Crippen molar-refractivity contribution in [2.45, 2.75) is 26.2 Å². The van der Waals surface area contributed by atoms with Gasteiger partial charge in [0.1, 0.15) is 7.05 Å². The van der Waals surface area contributed by atoms with Gasteiger partial charge in [0.05, 0.1) is 5.56 Å². The quantitative estimate of drug-likeness (QED) is 0.174. The van der Waals surface area contributed by atoms with Crippen LogP contribution in [0, 0.1) is 6.92 Å². The van der Waals surface area contributed by atoms with Gasteiger partial charge in [0.15, 0.2) is 6.20 Å². The van der Waals surface area contributed by atoms with Gasteiger partial charge in [0, 0.05) is 17.5 Å². The van der Waals surface area contributed by atoms with Crippen LogP contribution in [-0.2, 0) is 12.5 Å². The number of nitrogens with zero attached hydrogens (tertiary/aromatic N) is 1. The Labute approximate surface area is 218 Å². The molecule has 1 aromatic heterocycles. The van der Waals surface area contributed by atoms with Crippen molar-refractivity contribution in [2.75, 3.05) is 0 Å². The molecule has 0 saturated carbocycles. The van der Waals surface area contributed by atoms with Crippen molar-refractivity contribution in [1.82, 2.24) is 0 Å². The van der Waals surface area contributed by atoms with Gasteiger partial charge < -0.3 is 0 Å². The Bertz CT molecular complexity index is 1870. The van der Waals surface area contributed by atoms with Crippen molar-refractivity contribution in [3.63, 3.8) is 0 Å². The number of fused-ring (bicyclic) bond motifs is 6. The summed E-state index contributed by atoms with van der Waals surface area (Å²) in [6.45, 7) is 7.08. The highest BCUT2D eigenvalue weighted by Crippen LogP contribution is 2.56. The number of hydrogen-bond acceptors (Lipinski definition) is 0. The monoisotopic (exact) mass is 476 g/mol. The van der Waals surface area contributed by atoms with Gasteiger partial charge in [0.2, 0.25) is 5.69 Å². The Morgan fingerprint density at radius 2 is 1.22 bits per heavy atom. The first kappa shape index (κ1) is 22.0. The minimum Gasteiger partial charge on any atom is -0.201 e. The third kappa shape index (κ3) is 3.07. The summed E-state index contributed by atoms with van der Waals surface area (Å²) in [7, 11) is 2.15. The van der Waals surface area contributed by atoms with E-state index in [0.29, 0.717) is 0 Å². The highest BCUT2D eigenvalue weighted by molar-refractivity contribution is 6.14. The Balaban J connectivity index is 1.56. The summed E-state index contributed by atoms with van der Waals surface area (Å²) in [6.07, 6.45) is 2.15. The molecule has 37 heavy (non-hydrogen) atoms. The lowest BCUT2D eigenvalue weighted by molar-refractivity contribution is -0.660. The summed E-state index contributed by atoms with van der Waals surface area (Å²) in [4.78, 5) is 0. The summed E-state index contributed by atoms with van der Waals surface area (Å²) in [5.41, 5.74) is 12.0. The number of aryl methyl sites for hydroxylation is 2. The molecule has 0 amide bonds. The van der Waals surface area contributed by atoms with Crippen LogP contribution in [0.25, 0.3) is 55.1 Å². The van der Waals surface area contributed by atoms with E-state index in [4.69, 9.17) is 0 Å². The molecule has 6 aromatic rings. The first-order valence-corrected chi connectivity index (χ1v) is 13.1. The van der Waals surface area contributed by atoms with E-state index in [1.807, 2.05) is 0 Å². The van der Waals surface area contributed by atoms with Gasteiger partial charge in [-0.05, 0) is 79.5 Å². The van der Waals surface area contributed by atoms with Gasteiger partial charge in [-0.2, -0.15) is 0 Å². The van der Waals surface area contributed by atoms with Crippen molar-refractivity contribution in [3.05, 3.63) is 126 Å². The molecule has 0 unspecified atom stereocenters. The minimum absolute atomic E-state index is 0.155. The normalized spacial score (nSPS) is 13.6. The highest BCUT2D eigenvalue weighted by Gasteiger charge is 2.41. The highest BCUT2D eigenvalue weighted by atomic mass is 14.9. The van der Waals surface area contributed by atoms with Crippen molar-refractivity contribution in [2.24, 2.45) is 7.05 Å². The molecule has 0 radical (unpaired) electrons. The van der Waals surface area contributed by atoms with E-state index in [9.17, 15) is 0 Å². The summed E-state index contributed by atoms with van der Waals surface area (Å²) in [5, 5.41) is 5.23. The molecule has 178 valence electrons. The largest absolute Gasteiger partial charge is 0.212 e. The van der Waals surface area contributed by atoms with E-state index in [2.05, 4.69) is 142 Å². The number of benzene rings is 5. The molecule has 1 nitrogen and oxygen atoms in total. The van der Waals surface area contributed by atoms with Crippen molar-refractivity contribution >= 4 is 21.5 Å². The molecular formula is C36H30N+. The Morgan fingerprint density at radius 3 is 2.00 bits per heavy atom. The van der Waals surface area contributed by atoms with Gasteiger partial charge in [-0.25, -0.2) is 4.57 Å². The van der Waals surface area contributed by atoms with E-state index >= 15 is 0 Å². The van der Waals surface area contributed by atoms with Crippen molar-refractivity contribution < 1.29 is 4.57 Å². The predicted molar refractivity (Wildman–Crippen MR) is 156 cm³/mol. The minimum atomic E-state index is -0.155. The Kier molecular flexibility index (Phi) is 4.69. The molecule has 7 rings (SSSR count). The fourth-order valence-electron chi connectivity index (χ4n) is 6.77. The average molecular weight is 477 g/mol. The van der Waals surface area contributed by atoms with Crippen LogP contribution >= 0.6 is 0 Å². The van der Waals surface area contributed by atoms with Gasteiger partial charge in [-0.3, -0.25) is 0 Å². The van der Waals surface area contributed by atoms with Crippen LogP contribution in [0.1, 0.15) is 30.5 Å². The molecule has 0 bridgehead atoms. The maximum Gasteiger partial charge on any atom is 0.212 e. The molecule has 1 heterocycles. The average Bonchev–Trinajstić information content (AvgIpc) is 3.15. The zero-order chi connectivity index (χ0) is 25.3. The van der Waals surface area contributed by atoms with Gasteiger partial charge >= 0.3 is 0 Å². The molecule has 1 heteroatoms. The van der Waals surface area contributed by atoms with Crippen LogP contribution in [-0.4, -0.2) is 0 Å². The predicted octanol–water partition coefficient (Wildman–Crippen LogP) is 8.77. The SMILES string of the molecule is Cc1ccc2c(c1-c1cccc[n+]1C)C(C)(C)c1c-2cccc1-c1cc2ccccc2c2ccccc12. The second-order valence-electron chi connectivity index (χ2n) is 10.9. The molecule has 5 aromatic carbocycles. The first-order valence-electron chi connectivity index (χ1n) is 13.1. The molecular weight excluding hydrogens is 446 g/mol. The molecule has 1 aliphatic rings. The van der Waals surface area contributed by atoms with Crippen LogP contribution in [0.5, 0.6) is 0 Å². The topological polar surface area (TPSA) is 3.88 Å². The van der Waals surface area contributed by atoms with Crippen LogP contribution in [0.3, 0.4) is 0 Å². The van der Waals surface area contributed by atoms with Crippen LogP contribution in [0.4, 0.5) is 0 Å². The maximum atomic E-state index is 2.41. The maximum absolute atomic E-state index is 2.41. The van der Waals surface area contributed by atoms with Crippen LogP contribution < -0.4 is 4.57 Å². The summed E-state index contributed by atoms with van der Waals surface area (Å²) >= 11 is 0. The standard InChI is InChI=1S/C36H30N/c1-23-19-20-30-28-16-11-17-29(31-22-24-12-5-6-13-25(24)26-14-7-8-15-27(26)31)34(28)36(2,3)35(30)33(23)32-18-9-10-21-37(32)4/h5-22H,1-4H3/q+1. The first-order chi connectivity index (χ1) is 18.0. The molecule has 0 saturated heterocycles. The lowest BCUT2D eigenvalue weighted by Gasteiger charge is -2.27. The van der Waals surface area contributed by atoms with Crippen LogP contribution in [0.2, 0.25) is 0 Å². The summed E-state index contributed by atoms with van der Waals surface area (Å²) in [5.74, 6) is 0. The van der Waals surface area contributed by atoms with E-state index < -0.39 is 0 Å². The Hall–Kier alpha value is -4.23. The number of aromatic nitrogens is 1. The Morgan fingerprint density at radius 1 is 0.568 bits per heavy atom. The fourth-order valence-corrected chi connectivity index (χ4v) is 6.77. The zero-order valence-corrected chi connectivity index (χ0v) is 21.8. The smallest absolute Gasteiger partial charge is 0.201 e. The number of pyridine rings is 1. The van der Waals surface area contributed by atoms with Crippen molar-refractivity contribution in [3.8, 4) is 33.5 Å². The number of rotatable bonds is 2. The third-order valence-electron chi connectivity index (χ3n) is 8.39. The molecule has 0 spiro atoms. The zero-order valence-electron chi connectivity index (χ0n) is 21.8. The molecule has 0 fully saturated rings. The lowest BCUT2D eigenvalue weighted by Crippen LogP contribution is -2.31. The number of hydrogen-bond donors (Lipinski definition) is 0. The van der Waals surface area contributed by atoms with E-state index in [0.717, 1.165) is 0 Å². The fraction of sp³-hybridized carbons (Fsp3) is 0.139. The second kappa shape index (κ2) is 7.88. The molecule has 0 aliphatic heterocycles. The lowest BCUT2D eigenvalue weighted by atomic mass is 9.75. The summed E-state index contributed by atoms with van der Waals surface area (Å²) < 4.78 is 2.25. The van der Waals surface area contributed by atoms with E-state index in [1.54, 1.807) is 0 Å². The van der Waals surface area contributed by atoms with Crippen molar-refractivity contribution in [1.29, 1.82) is 0 Å². The molecule has 0 N–H and O–H groups in total. The molecule has 0 atom stereocenters. The van der Waals surface area contributed by atoms with Gasteiger partial charge in [-0.1, -0.05) is 92.7 Å². The van der Waals surface area contributed by atoms with Crippen LogP contribution in [0.15, 0.2) is 109 Å². The van der Waals surface area contributed by atoms with E-state index in [1.165, 1.54) is 71.7 Å². The second-order valence-corrected chi connectivity index (χ2v) is 10.9. The summed E-state index contributed by atoms with van der Waals surface area (Å²) in [6, 6.07) is 38.1. The molecule has 1 aliphatic carbocycles. The van der Waals surface area contributed by atoms with Gasteiger partial charge in [0.25, 0.3) is 0 Å².